The number of pyridine rings is 1. The Morgan fingerprint density at radius 3 is 2.75 bits per heavy atom. The zero-order valence-electron chi connectivity index (χ0n) is 18.0. The van der Waals surface area contributed by atoms with E-state index >= 15 is 0 Å². The monoisotopic (exact) mass is 431 g/mol. The maximum Gasteiger partial charge on any atom is 0.246 e. The van der Waals surface area contributed by atoms with Crippen LogP contribution in [0.4, 0.5) is 5.69 Å². The molecule has 1 aliphatic heterocycles. The van der Waals surface area contributed by atoms with Crippen molar-refractivity contribution in [2.45, 2.75) is 31.3 Å². The summed E-state index contributed by atoms with van der Waals surface area (Å²) in [7, 11) is 0. The standard InChI is InChI=1S/C25H29N5O2/c26-15-18-13-23(28-16-18)25(32)30-22(10-8-17-5-2-1-3-6-17)24(31)29-20-9-11-21-19(14-20)7-4-12-27-21/h1-7,9,11-12,14,18,22-23,28H,8,10,13,15-16,26H2,(H,29,31)(H,30,32). The fourth-order valence-corrected chi connectivity index (χ4v) is 4.07. The molecule has 7 nitrogen and oxygen atoms in total. The van der Waals surface area contributed by atoms with Crippen LogP contribution in [-0.4, -0.2) is 42.0 Å². The Morgan fingerprint density at radius 2 is 1.97 bits per heavy atom. The van der Waals surface area contributed by atoms with Crippen LogP contribution in [0.25, 0.3) is 10.9 Å². The summed E-state index contributed by atoms with van der Waals surface area (Å²) in [5.74, 6) is -0.101. The smallest absolute Gasteiger partial charge is 0.246 e. The highest BCUT2D eigenvalue weighted by molar-refractivity contribution is 5.99. The van der Waals surface area contributed by atoms with Gasteiger partial charge in [-0.15, -0.1) is 0 Å². The number of hydrogen-bond acceptors (Lipinski definition) is 5. The number of rotatable bonds is 8. The van der Waals surface area contributed by atoms with E-state index in [0.29, 0.717) is 31.5 Å². The molecule has 2 heterocycles. The Labute approximate surface area is 187 Å². The normalized spacial score (nSPS) is 18.9. The maximum atomic E-state index is 13.2. The molecule has 3 unspecified atom stereocenters. The molecule has 2 amide bonds. The van der Waals surface area contributed by atoms with Gasteiger partial charge in [-0.3, -0.25) is 14.6 Å². The first-order valence-electron chi connectivity index (χ1n) is 11.1. The molecule has 1 fully saturated rings. The minimum Gasteiger partial charge on any atom is -0.343 e. The van der Waals surface area contributed by atoms with E-state index in [0.717, 1.165) is 23.0 Å². The van der Waals surface area contributed by atoms with Gasteiger partial charge >= 0.3 is 0 Å². The third-order valence-electron chi connectivity index (χ3n) is 5.94. The molecule has 7 heteroatoms. The number of nitrogens with one attached hydrogen (secondary N) is 3. The molecule has 0 radical (unpaired) electrons. The number of hydrogen-bond donors (Lipinski definition) is 4. The van der Waals surface area contributed by atoms with Gasteiger partial charge in [0.05, 0.1) is 11.6 Å². The quantitative estimate of drug-likeness (QED) is 0.437. The maximum absolute atomic E-state index is 13.2. The van der Waals surface area contributed by atoms with Crippen molar-refractivity contribution < 1.29 is 9.59 Å². The van der Waals surface area contributed by atoms with Gasteiger partial charge in [0.25, 0.3) is 0 Å². The van der Waals surface area contributed by atoms with Gasteiger partial charge in [-0.25, -0.2) is 0 Å². The zero-order valence-corrected chi connectivity index (χ0v) is 18.0. The highest BCUT2D eigenvalue weighted by Crippen LogP contribution is 2.18. The van der Waals surface area contributed by atoms with Gasteiger partial charge in [-0.2, -0.15) is 0 Å². The fourth-order valence-electron chi connectivity index (χ4n) is 4.07. The minimum atomic E-state index is -0.647. The molecule has 0 bridgehead atoms. The average Bonchev–Trinajstić information content (AvgIpc) is 3.32. The van der Waals surface area contributed by atoms with E-state index in [9.17, 15) is 9.59 Å². The van der Waals surface area contributed by atoms with Gasteiger partial charge in [-0.1, -0.05) is 36.4 Å². The number of aromatic nitrogens is 1. The Bertz CT molecular complexity index is 1070. The number of benzene rings is 2. The van der Waals surface area contributed by atoms with E-state index in [1.807, 2.05) is 60.7 Å². The highest BCUT2D eigenvalue weighted by atomic mass is 16.2. The number of carbonyl (C=O) groups is 2. The highest BCUT2D eigenvalue weighted by Gasteiger charge is 2.31. The molecular formula is C25H29N5O2. The largest absolute Gasteiger partial charge is 0.343 e. The summed E-state index contributed by atoms with van der Waals surface area (Å²) in [5.41, 5.74) is 8.41. The van der Waals surface area contributed by atoms with E-state index in [1.165, 1.54) is 0 Å². The van der Waals surface area contributed by atoms with Crippen molar-refractivity contribution in [1.29, 1.82) is 0 Å². The van der Waals surface area contributed by atoms with Gasteiger partial charge in [-0.05, 0) is 68.1 Å². The predicted octanol–water partition coefficient (Wildman–Crippen LogP) is 2.23. The molecule has 5 N–H and O–H groups in total. The first-order chi connectivity index (χ1) is 15.6. The number of anilines is 1. The first kappa shape index (κ1) is 21.9. The molecule has 3 atom stereocenters. The SMILES string of the molecule is NCC1CNC(C(=O)NC(CCc2ccccc2)C(=O)Nc2ccc3ncccc3c2)C1. The van der Waals surface area contributed by atoms with E-state index in [1.54, 1.807) is 6.20 Å². The summed E-state index contributed by atoms with van der Waals surface area (Å²) < 4.78 is 0. The molecule has 4 rings (SSSR count). The Hall–Kier alpha value is -3.29. The number of carbonyl (C=O) groups excluding carboxylic acids is 2. The van der Waals surface area contributed by atoms with Crippen molar-refractivity contribution in [2.24, 2.45) is 11.7 Å². The van der Waals surface area contributed by atoms with Crippen LogP contribution in [0.3, 0.4) is 0 Å². The van der Waals surface area contributed by atoms with Crippen LogP contribution in [0.15, 0.2) is 66.9 Å². The van der Waals surface area contributed by atoms with Crippen LogP contribution in [0.2, 0.25) is 0 Å². The summed E-state index contributed by atoms with van der Waals surface area (Å²) in [6.45, 7) is 1.27. The summed E-state index contributed by atoms with van der Waals surface area (Å²) in [6, 6.07) is 18.4. The van der Waals surface area contributed by atoms with Gasteiger partial charge in [0.15, 0.2) is 0 Å². The van der Waals surface area contributed by atoms with Gasteiger partial charge < -0.3 is 21.7 Å². The number of amides is 2. The molecular weight excluding hydrogens is 402 g/mol. The van der Waals surface area contributed by atoms with Crippen LogP contribution in [0, 0.1) is 5.92 Å². The van der Waals surface area contributed by atoms with E-state index in [4.69, 9.17) is 5.73 Å². The number of nitrogens with zero attached hydrogens (tertiary/aromatic N) is 1. The number of fused-ring (bicyclic) bond motifs is 1. The molecule has 0 aliphatic carbocycles. The Kier molecular flexibility index (Phi) is 7.09. The molecule has 0 spiro atoms. The lowest BCUT2D eigenvalue weighted by Gasteiger charge is -2.21. The van der Waals surface area contributed by atoms with E-state index in [-0.39, 0.29) is 23.8 Å². The lowest BCUT2D eigenvalue weighted by Crippen LogP contribution is -2.50. The van der Waals surface area contributed by atoms with Crippen LogP contribution in [-0.2, 0) is 16.0 Å². The van der Waals surface area contributed by atoms with Crippen molar-refractivity contribution in [2.75, 3.05) is 18.4 Å². The second kappa shape index (κ2) is 10.3. The third-order valence-corrected chi connectivity index (χ3v) is 5.94. The zero-order chi connectivity index (χ0) is 22.3. The molecule has 1 aliphatic rings. The Balaban J connectivity index is 1.46. The van der Waals surface area contributed by atoms with Gasteiger partial charge in [0.1, 0.15) is 6.04 Å². The second-order valence-corrected chi connectivity index (χ2v) is 8.28. The summed E-state index contributed by atoms with van der Waals surface area (Å²) in [5, 5.41) is 10.1. The minimum absolute atomic E-state index is 0.156. The third kappa shape index (κ3) is 5.49. The van der Waals surface area contributed by atoms with Crippen molar-refractivity contribution >= 4 is 28.4 Å². The second-order valence-electron chi connectivity index (χ2n) is 8.28. The van der Waals surface area contributed by atoms with Crippen LogP contribution >= 0.6 is 0 Å². The topological polar surface area (TPSA) is 109 Å². The first-order valence-corrected chi connectivity index (χ1v) is 11.1. The van der Waals surface area contributed by atoms with Gasteiger partial charge in [0, 0.05) is 17.3 Å². The summed E-state index contributed by atoms with van der Waals surface area (Å²) in [6.07, 6.45) is 3.61. The molecule has 32 heavy (non-hydrogen) atoms. The summed E-state index contributed by atoms with van der Waals surface area (Å²) >= 11 is 0. The van der Waals surface area contributed by atoms with Crippen molar-refractivity contribution in [3.63, 3.8) is 0 Å². The lowest BCUT2D eigenvalue weighted by molar-refractivity contribution is -0.127. The molecule has 2 aromatic carbocycles. The van der Waals surface area contributed by atoms with Crippen LogP contribution in [0.1, 0.15) is 18.4 Å². The van der Waals surface area contributed by atoms with Crippen molar-refractivity contribution in [1.82, 2.24) is 15.6 Å². The van der Waals surface area contributed by atoms with Crippen molar-refractivity contribution in [3.8, 4) is 0 Å². The fraction of sp³-hybridized carbons (Fsp3) is 0.320. The van der Waals surface area contributed by atoms with E-state index < -0.39 is 6.04 Å². The Morgan fingerprint density at radius 1 is 1.12 bits per heavy atom. The molecule has 0 saturated carbocycles. The number of nitrogens with two attached hydrogens (primary N) is 1. The van der Waals surface area contributed by atoms with Crippen molar-refractivity contribution in [3.05, 3.63) is 72.4 Å². The number of aryl methyl sites for hydroxylation is 1. The molecule has 3 aromatic rings. The lowest BCUT2D eigenvalue weighted by atomic mass is 10.0. The van der Waals surface area contributed by atoms with Crippen LogP contribution in [0.5, 0.6) is 0 Å². The molecule has 1 aromatic heterocycles. The molecule has 166 valence electrons. The van der Waals surface area contributed by atoms with Gasteiger partial charge in [0.2, 0.25) is 11.8 Å². The van der Waals surface area contributed by atoms with E-state index in [2.05, 4.69) is 20.9 Å². The average molecular weight is 432 g/mol. The predicted molar refractivity (Wildman–Crippen MR) is 126 cm³/mol. The molecule has 1 saturated heterocycles. The van der Waals surface area contributed by atoms with Crippen LogP contribution < -0.4 is 21.7 Å². The summed E-state index contributed by atoms with van der Waals surface area (Å²) in [4.78, 5) is 30.3.